The third kappa shape index (κ3) is 3.48. The highest BCUT2D eigenvalue weighted by Crippen LogP contribution is 2.24. The lowest BCUT2D eigenvalue weighted by molar-refractivity contribution is 0.0910. The minimum absolute atomic E-state index is 0.0963. The summed E-state index contributed by atoms with van der Waals surface area (Å²) in [6, 6.07) is 11.7. The molecule has 2 unspecified atom stereocenters. The van der Waals surface area contributed by atoms with Crippen LogP contribution < -0.4 is 10.9 Å². The van der Waals surface area contributed by atoms with Crippen LogP contribution in [0.2, 0.25) is 0 Å². The fraction of sp³-hybridized carbons (Fsp3) is 0.353. The van der Waals surface area contributed by atoms with E-state index in [-0.39, 0.29) is 29.2 Å². The van der Waals surface area contributed by atoms with Crippen molar-refractivity contribution in [3.05, 3.63) is 58.5 Å². The smallest absolute Gasteiger partial charge is 0.271 e. The van der Waals surface area contributed by atoms with Crippen LogP contribution in [-0.2, 0) is 0 Å². The molecule has 1 fully saturated rings. The van der Waals surface area contributed by atoms with Crippen LogP contribution in [0.25, 0.3) is 5.69 Å². The van der Waals surface area contributed by atoms with Gasteiger partial charge in [-0.2, -0.15) is 9.78 Å². The van der Waals surface area contributed by atoms with Crippen LogP contribution in [0, 0.1) is 5.92 Å². The van der Waals surface area contributed by atoms with Gasteiger partial charge in [-0.1, -0.05) is 24.6 Å². The van der Waals surface area contributed by atoms with Gasteiger partial charge in [0.25, 0.3) is 11.5 Å². The van der Waals surface area contributed by atoms with Crippen molar-refractivity contribution < 1.29 is 9.90 Å². The Labute approximate surface area is 133 Å². The van der Waals surface area contributed by atoms with E-state index >= 15 is 0 Å². The number of nitrogens with one attached hydrogen (secondary N) is 1. The van der Waals surface area contributed by atoms with Gasteiger partial charge in [-0.3, -0.25) is 9.59 Å². The second kappa shape index (κ2) is 6.75. The Morgan fingerprint density at radius 2 is 2.00 bits per heavy atom. The van der Waals surface area contributed by atoms with E-state index in [1.807, 2.05) is 6.07 Å². The molecule has 6 heteroatoms. The number of para-hydroxylation sites is 1. The first-order chi connectivity index (χ1) is 11.1. The molecule has 2 atom stereocenters. The maximum Gasteiger partial charge on any atom is 0.271 e. The van der Waals surface area contributed by atoms with Gasteiger partial charge in [0.05, 0.1) is 11.8 Å². The van der Waals surface area contributed by atoms with Crippen LogP contribution in [0.4, 0.5) is 0 Å². The zero-order valence-electron chi connectivity index (χ0n) is 12.7. The molecule has 1 saturated carbocycles. The normalized spacial score (nSPS) is 20.4. The second-order valence-electron chi connectivity index (χ2n) is 5.77. The number of aliphatic hydroxyl groups excluding tert-OH is 1. The zero-order valence-corrected chi connectivity index (χ0v) is 12.7. The summed E-state index contributed by atoms with van der Waals surface area (Å²) in [4.78, 5) is 24.2. The van der Waals surface area contributed by atoms with Crippen LogP contribution in [0.15, 0.2) is 47.3 Å². The molecule has 1 aliphatic carbocycles. The molecule has 2 N–H and O–H groups in total. The van der Waals surface area contributed by atoms with Crippen molar-refractivity contribution in [2.45, 2.75) is 25.4 Å². The number of aromatic nitrogens is 2. The molecule has 0 saturated heterocycles. The maximum absolute atomic E-state index is 12.2. The van der Waals surface area contributed by atoms with Crippen LogP contribution in [0.5, 0.6) is 0 Å². The molecule has 0 aliphatic heterocycles. The summed E-state index contributed by atoms with van der Waals surface area (Å²) in [5.41, 5.74) is 0.498. The summed E-state index contributed by atoms with van der Waals surface area (Å²) in [7, 11) is 0. The summed E-state index contributed by atoms with van der Waals surface area (Å²) in [6.45, 7) is 0.423. The molecule has 6 nitrogen and oxygen atoms in total. The van der Waals surface area contributed by atoms with Crippen molar-refractivity contribution in [2.75, 3.05) is 6.54 Å². The molecule has 2 aromatic rings. The SMILES string of the molecule is O=C(NCC1CCCC1O)c1ccc(=O)n(-c2ccccc2)n1. The van der Waals surface area contributed by atoms with Gasteiger partial charge in [0.15, 0.2) is 0 Å². The molecule has 1 heterocycles. The van der Waals surface area contributed by atoms with Crippen molar-refractivity contribution in [1.82, 2.24) is 15.1 Å². The molecule has 0 spiro atoms. The Hall–Kier alpha value is -2.47. The average Bonchev–Trinajstić information content (AvgIpc) is 2.99. The number of amides is 1. The third-order valence-corrected chi connectivity index (χ3v) is 4.18. The summed E-state index contributed by atoms with van der Waals surface area (Å²) in [5.74, 6) is -0.243. The third-order valence-electron chi connectivity index (χ3n) is 4.18. The molecule has 0 bridgehead atoms. The first-order valence-corrected chi connectivity index (χ1v) is 7.77. The van der Waals surface area contributed by atoms with Gasteiger partial charge in [-0.15, -0.1) is 0 Å². The van der Waals surface area contributed by atoms with E-state index in [1.165, 1.54) is 16.8 Å². The lowest BCUT2D eigenvalue weighted by Crippen LogP contribution is -2.34. The van der Waals surface area contributed by atoms with Gasteiger partial charge >= 0.3 is 0 Å². The Balaban J connectivity index is 1.75. The van der Waals surface area contributed by atoms with E-state index in [1.54, 1.807) is 24.3 Å². The summed E-state index contributed by atoms with van der Waals surface area (Å²) >= 11 is 0. The second-order valence-corrected chi connectivity index (χ2v) is 5.77. The van der Waals surface area contributed by atoms with E-state index in [0.717, 1.165) is 19.3 Å². The molecular weight excluding hydrogens is 294 g/mol. The largest absolute Gasteiger partial charge is 0.393 e. The zero-order chi connectivity index (χ0) is 16.2. The van der Waals surface area contributed by atoms with E-state index in [0.29, 0.717) is 12.2 Å². The highest BCUT2D eigenvalue weighted by Gasteiger charge is 2.25. The number of aliphatic hydroxyl groups is 1. The molecule has 120 valence electrons. The lowest BCUT2D eigenvalue weighted by atomic mass is 10.1. The number of hydrogen-bond acceptors (Lipinski definition) is 4. The first kappa shape index (κ1) is 15.4. The van der Waals surface area contributed by atoms with Crippen molar-refractivity contribution in [3.8, 4) is 5.69 Å². The topological polar surface area (TPSA) is 84.2 Å². The Morgan fingerprint density at radius 3 is 2.70 bits per heavy atom. The monoisotopic (exact) mass is 313 g/mol. The van der Waals surface area contributed by atoms with Crippen molar-refractivity contribution in [2.24, 2.45) is 5.92 Å². The highest BCUT2D eigenvalue weighted by atomic mass is 16.3. The summed E-state index contributed by atoms with van der Waals surface area (Å²) in [5, 5.41) is 16.7. The van der Waals surface area contributed by atoms with E-state index < -0.39 is 0 Å². The van der Waals surface area contributed by atoms with Gasteiger partial charge in [-0.25, -0.2) is 0 Å². The number of carbonyl (C=O) groups is 1. The minimum atomic E-state index is -0.346. The van der Waals surface area contributed by atoms with Gasteiger partial charge < -0.3 is 10.4 Å². The number of benzene rings is 1. The number of carbonyl (C=O) groups excluding carboxylic acids is 1. The molecular formula is C17H19N3O3. The summed E-state index contributed by atoms with van der Waals surface area (Å²) < 4.78 is 1.21. The molecule has 1 aromatic heterocycles. The quantitative estimate of drug-likeness (QED) is 0.886. The van der Waals surface area contributed by atoms with E-state index in [4.69, 9.17) is 0 Å². The predicted octanol–water partition coefficient (Wildman–Crippen LogP) is 1.12. The molecule has 1 aliphatic rings. The van der Waals surface area contributed by atoms with E-state index in [2.05, 4.69) is 10.4 Å². The predicted molar refractivity (Wildman–Crippen MR) is 85.5 cm³/mol. The van der Waals surface area contributed by atoms with Crippen molar-refractivity contribution >= 4 is 5.91 Å². The van der Waals surface area contributed by atoms with Crippen molar-refractivity contribution in [3.63, 3.8) is 0 Å². The average molecular weight is 313 g/mol. The van der Waals surface area contributed by atoms with Crippen LogP contribution >= 0.6 is 0 Å². The molecule has 1 amide bonds. The van der Waals surface area contributed by atoms with Gasteiger partial charge in [0.2, 0.25) is 0 Å². The van der Waals surface area contributed by atoms with Crippen LogP contribution in [-0.4, -0.2) is 33.4 Å². The number of hydrogen-bond donors (Lipinski definition) is 2. The standard InChI is InChI=1S/C17H19N3O3/c21-15-8-4-5-12(15)11-18-17(23)14-9-10-16(22)20(19-14)13-6-2-1-3-7-13/h1-3,6-7,9-10,12,15,21H,4-5,8,11H2,(H,18,23). The van der Waals surface area contributed by atoms with Gasteiger partial charge in [0, 0.05) is 18.5 Å². The fourth-order valence-electron chi connectivity index (χ4n) is 2.86. The van der Waals surface area contributed by atoms with E-state index in [9.17, 15) is 14.7 Å². The van der Waals surface area contributed by atoms with Crippen molar-refractivity contribution in [1.29, 1.82) is 0 Å². The molecule has 1 aromatic carbocycles. The number of nitrogens with zero attached hydrogens (tertiary/aromatic N) is 2. The maximum atomic E-state index is 12.2. The fourth-order valence-corrected chi connectivity index (χ4v) is 2.86. The first-order valence-electron chi connectivity index (χ1n) is 7.77. The highest BCUT2D eigenvalue weighted by molar-refractivity contribution is 5.92. The summed E-state index contributed by atoms with van der Waals surface area (Å²) in [6.07, 6.45) is 2.34. The lowest BCUT2D eigenvalue weighted by Gasteiger charge is -2.15. The van der Waals surface area contributed by atoms with Crippen LogP contribution in [0.3, 0.4) is 0 Å². The number of rotatable bonds is 4. The Bertz CT molecular complexity index is 742. The molecule has 23 heavy (non-hydrogen) atoms. The van der Waals surface area contributed by atoms with Gasteiger partial charge in [0.1, 0.15) is 5.69 Å². The molecule has 0 radical (unpaired) electrons. The Kier molecular flexibility index (Phi) is 4.52. The minimum Gasteiger partial charge on any atom is -0.393 e. The van der Waals surface area contributed by atoms with Crippen LogP contribution in [0.1, 0.15) is 29.8 Å². The molecule has 3 rings (SSSR count). The van der Waals surface area contributed by atoms with Gasteiger partial charge in [-0.05, 0) is 31.0 Å². The Morgan fingerprint density at radius 1 is 1.22 bits per heavy atom.